The summed E-state index contributed by atoms with van der Waals surface area (Å²) in [6.45, 7) is 0. The van der Waals surface area contributed by atoms with Crippen LogP contribution < -0.4 is 9.47 Å². The molecule has 138 valence electrons. The van der Waals surface area contributed by atoms with E-state index in [2.05, 4.69) is 4.99 Å². The molecule has 1 aliphatic rings. The first-order valence-corrected chi connectivity index (χ1v) is 8.63. The van der Waals surface area contributed by atoms with Crippen molar-refractivity contribution >= 4 is 47.2 Å². The summed E-state index contributed by atoms with van der Waals surface area (Å²) < 4.78 is 15.7. The number of methoxy groups -OCH3 is 2. The average Bonchev–Trinajstić information content (AvgIpc) is 3.00. The van der Waals surface area contributed by atoms with E-state index in [4.69, 9.17) is 37.4 Å². The van der Waals surface area contributed by atoms with Gasteiger partial charge in [-0.3, -0.25) is 0 Å². The average molecular weight is 404 g/mol. The maximum absolute atomic E-state index is 12.1. The Morgan fingerprint density at radius 3 is 2.52 bits per heavy atom. The van der Waals surface area contributed by atoms with Crippen molar-refractivity contribution < 1.29 is 19.0 Å². The number of aliphatic imine (C=N–C) groups is 1. The van der Waals surface area contributed by atoms with Gasteiger partial charge in [-0.05, 0) is 48.0 Å². The van der Waals surface area contributed by atoms with Gasteiger partial charge in [-0.25, -0.2) is 9.79 Å². The first-order valence-electron chi connectivity index (χ1n) is 7.88. The Bertz CT molecular complexity index is 980. The molecule has 3 rings (SSSR count). The number of ether oxygens (including phenoxy) is 3. The smallest absolute Gasteiger partial charge is 0.363 e. The highest BCUT2D eigenvalue weighted by Gasteiger charge is 2.22. The van der Waals surface area contributed by atoms with Gasteiger partial charge >= 0.3 is 5.97 Å². The molecule has 0 spiro atoms. The number of cyclic esters (lactones) is 1. The van der Waals surface area contributed by atoms with Crippen LogP contribution in [0, 0.1) is 0 Å². The number of benzene rings is 2. The van der Waals surface area contributed by atoms with Crippen LogP contribution in [0.1, 0.15) is 11.1 Å². The standard InChI is InChI=1S/C20H15Cl2NO4/c1-25-15-6-7-18(26-2)13(9-15)10-17-20(24)27-19(23-17)8-4-12-3-5-14(21)11-16(12)22/h3-11H,1-2H3/b8-4+,17-10-. The third kappa shape index (κ3) is 4.51. The molecule has 0 fully saturated rings. The summed E-state index contributed by atoms with van der Waals surface area (Å²) >= 11 is 12.0. The van der Waals surface area contributed by atoms with Gasteiger partial charge in [-0.15, -0.1) is 0 Å². The van der Waals surface area contributed by atoms with Gasteiger partial charge in [-0.2, -0.15) is 0 Å². The van der Waals surface area contributed by atoms with Crippen LogP contribution >= 0.6 is 23.2 Å². The normalized spacial score (nSPS) is 15.2. The number of carbonyl (C=O) groups is 1. The Labute approximate surface area is 166 Å². The number of halogens is 2. The number of esters is 1. The fraction of sp³-hybridized carbons (Fsp3) is 0.100. The lowest BCUT2D eigenvalue weighted by molar-refractivity contribution is -0.129. The molecule has 7 heteroatoms. The summed E-state index contributed by atoms with van der Waals surface area (Å²) in [4.78, 5) is 16.3. The molecule has 0 N–H and O–H groups in total. The van der Waals surface area contributed by atoms with Crippen LogP contribution in [0.15, 0.2) is 53.2 Å². The first kappa shape index (κ1) is 19.0. The lowest BCUT2D eigenvalue weighted by Crippen LogP contribution is -2.01. The molecule has 1 aliphatic heterocycles. The Morgan fingerprint density at radius 1 is 1.00 bits per heavy atom. The van der Waals surface area contributed by atoms with Crippen LogP contribution in [-0.4, -0.2) is 26.1 Å². The van der Waals surface area contributed by atoms with Gasteiger partial charge in [0, 0.05) is 21.7 Å². The van der Waals surface area contributed by atoms with Crippen molar-refractivity contribution in [1.82, 2.24) is 0 Å². The van der Waals surface area contributed by atoms with Crippen LogP contribution in [0.25, 0.3) is 12.2 Å². The predicted molar refractivity (Wildman–Crippen MR) is 107 cm³/mol. The molecular formula is C20H15Cl2NO4. The molecule has 0 atom stereocenters. The summed E-state index contributed by atoms with van der Waals surface area (Å²) in [5.74, 6) is 0.833. The molecule has 1 heterocycles. The van der Waals surface area contributed by atoms with E-state index in [9.17, 15) is 4.79 Å². The van der Waals surface area contributed by atoms with E-state index in [0.717, 1.165) is 5.56 Å². The van der Waals surface area contributed by atoms with E-state index in [1.807, 2.05) is 0 Å². The second kappa shape index (κ2) is 8.29. The molecule has 2 aromatic rings. The topological polar surface area (TPSA) is 57.1 Å². The molecule has 0 aliphatic carbocycles. The van der Waals surface area contributed by atoms with E-state index in [0.29, 0.717) is 27.1 Å². The molecule has 0 radical (unpaired) electrons. The van der Waals surface area contributed by atoms with Gasteiger partial charge < -0.3 is 14.2 Å². The quantitative estimate of drug-likeness (QED) is 0.519. The fourth-order valence-corrected chi connectivity index (χ4v) is 2.87. The lowest BCUT2D eigenvalue weighted by atomic mass is 10.1. The third-order valence-corrected chi connectivity index (χ3v) is 4.30. The highest BCUT2D eigenvalue weighted by atomic mass is 35.5. The van der Waals surface area contributed by atoms with Gasteiger partial charge in [0.15, 0.2) is 5.70 Å². The van der Waals surface area contributed by atoms with E-state index in [1.165, 1.54) is 0 Å². The largest absolute Gasteiger partial charge is 0.497 e. The summed E-state index contributed by atoms with van der Waals surface area (Å²) in [5.41, 5.74) is 1.54. The van der Waals surface area contributed by atoms with Crippen LogP contribution in [-0.2, 0) is 9.53 Å². The molecule has 0 saturated carbocycles. The van der Waals surface area contributed by atoms with Gasteiger partial charge in [0.05, 0.1) is 14.2 Å². The van der Waals surface area contributed by atoms with Gasteiger partial charge in [0.25, 0.3) is 0 Å². The van der Waals surface area contributed by atoms with Gasteiger partial charge in [0.1, 0.15) is 11.5 Å². The van der Waals surface area contributed by atoms with Crippen LogP contribution in [0.2, 0.25) is 10.0 Å². The minimum absolute atomic E-state index is 0.156. The molecule has 5 nitrogen and oxygen atoms in total. The van der Waals surface area contributed by atoms with Crippen molar-refractivity contribution in [2.75, 3.05) is 14.2 Å². The van der Waals surface area contributed by atoms with E-state index < -0.39 is 5.97 Å². The Balaban J connectivity index is 1.88. The molecule has 2 aromatic carbocycles. The van der Waals surface area contributed by atoms with Crippen molar-refractivity contribution in [2.45, 2.75) is 0 Å². The van der Waals surface area contributed by atoms with Crippen molar-refractivity contribution in [2.24, 2.45) is 4.99 Å². The molecule has 0 unspecified atom stereocenters. The van der Waals surface area contributed by atoms with Crippen LogP contribution in [0.5, 0.6) is 11.5 Å². The summed E-state index contributed by atoms with van der Waals surface area (Å²) in [5, 5.41) is 1.03. The highest BCUT2D eigenvalue weighted by Crippen LogP contribution is 2.28. The molecule has 0 saturated heterocycles. The number of rotatable bonds is 5. The van der Waals surface area contributed by atoms with Crippen molar-refractivity contribution in [3.05, 3.63) is 69.3 Å². The monoisotopic (exact) mass is 403 g/mol. The molecular weight excluding hydrogens is 389 g/mol. The maximum atomic E-state index is 12.1. The Morgan fingerprint density at radius 2 is 1.81 bits per heavy atom. The van der Waals surface area contributed by atoms with Gasteiger partial charge in [-0.1, -0.05) is 29.3 Å². The first-order chi connectivity index (χ1) is 13.0. The van der Waals surface area contributed by atoms with E-state index >= 15 is 0 Å². The SMILES string of the molecule is COc1ccc(OC)c(/C=C2N=C(/C=C/c3ccc(Cl)cc3Cl)OC\2=O)c1. The number of hydrogen-bond donors (Lipinski definition) is 0. The zero-order valence-corrected chi connectivity index (χ0v) is 16.0. The second-order valence-electron chi connectivity index (χ2n) is 5.48. The molecule has 27 heavy (non-hydrogen) atoms. The van der Waals surface area contributed by atoms with Crippen molar-refractivity contribution in [3.63, 3.8) is 0 Å². The van der Waals surface area contributed by atoms with Crippen molar-refractivity contribution in [3.8, 4) is 11.5 Å². The maximum Gasteiger partial charge on any atom is 0.363 e. The molecule has 0 amide bonds. The predicted octanol–water partition coefficient (Wildman–Crippen LogP) is 5.02. The number of nitrogens with zero attached hydrogens (tertiary/aromatic N) is 1. The lowest BCUT2D eigenvalue weighted by Gasteiger charge is -2.07. The minimum Gasteiger partial charge on any atom is -0.497 e. The highest BCUT2D eigenvalue weighted by molar-refractivity contribution is 6.35. The summed E-state index contributed by atoms with van der Waals surface area (Å²) in [7, 11) is 3.11. The van der Waals surface area contributed by atoms with Gasteiger partial charge in [0.2, 0.25) is 5.90 Å². The zero-order chi connectivity index (χ0) is 19.4. The third-order valence-electron chi connectivity index (χ3n) is 3.73. The van der Waals surface area contributed by atoms with E-state index in [1.54, 1.807) is 68.8 Å². The summed E-state index contributed by atoms with van der Waals surface area (Å²) in [6.07, 6.45) is 4.84. The fourth-order valence-electron chi connectivity index (χ4n) is 2.39. The minimum atomic E-state index is -0.554. The van der Waals surface area contributed by atoms with Crippen molar-refractivity contribution in [1.29, 1.82) is 0 Å². The number of carbonyl (C=O) groups excluding carboxylic acids is 1. The van der Waals surface area contributed by atoms with Crippen LogP contribution in [0.3, 0.4) is 0 Å². The zero-order valence-electron chi connectivity index (χ0n) is 14.5. The summed E-state index contributed by atoms with van der Waals surface area (Å²) in [6, 6.07) is 10.4. The molecule has 0 aromatic heterocycles. The Kier molecular flexibility index (Phi) is 5.84. The Hall–Kier alpha value is -2.76. The van der Waals surface area contributed by atoms with E-state index in [-0.39, 0.29) is 11.6 Å². The molecule has 0 bridgehead atoms. The second-order valence-corrected chi connectivity index (χ2v) is 6.32. The van der Waals surface area contributed by atoms with Crippen LogP contribution in [0.4, 0.5) is 0 Å². The number of hydrogen-bond acceptors (Lipinski definition) is 5.